The standard InChI is InChI=1S/C18H25N3O3/c1-11-7-8-21(15(9-11)16-6-5-12(2)23-16)18(22)19-10-17-20-13(3)14(4)24-17/h5-6,11,15H,7-10H2,1-4H3,(H,19,22)/t11-,15-/m0/s1. The van der Waals surface area contributed by atoms with E-state index in [2.05, 4.69) is 17.2 Å². The summed E-state index contributed by atoms with van der Waals surface area (Å²) in [6.07, 6.45) is 1.92. The van der Waals surface area contributed by atoms with Crippen molar-refractivity contribution in [1.82, 2.24) is 15.2 Å². The van der Waals surface area contributed by atoms with E-state index >= 15 is 0 Å². The van der Waals surface area contributed by atoms with Crippen molar-refractivity contribution in [2.75, 3.05) is 6.54 Å². The molecule has 6 nitrogen and oxygen atoms in total. The predicted octanol–water partition coefficient (Wildman–Crippen LogP) is 3.88. The average molecular weight is 331 g/mol. The second-order valence-corrected chi connectivity index (χ2v) is 6.70. The largest absolute Gasteiger partial charge is 0.464 e. The van der Waals surface area contributed by atoms with Gasteiger partial charge in [-0.15, -0.1) is 0 Å². The number of hydrogen-bond donors (Lipinski definition) is 1. The number of likely N-dealkylation sites (tertiary alicyclic amines) is 1. The zero-order valence-electron chi connectivity index (χ0n) is 14.8. The number of oxazole rings is 1. The van der Waals surface area contributed by atoms with Gasteiger partial charge in [-0.05, 0) is 51.7 Å². The molecule has 24 heavy (non-hydrogen) atoms. The van der Waals surface area contributed by atoms with E-state index in [4.69, 9.17) is 8.83 Å². The summed E-state index contributed by atoms with van der Waals surface area (Å²) in [6, 6.07) is 3.80. The number of rotatable bonds is 3. The van der Waals surface area contributed by atoms with Gasteiger partial charge in [0.1, 0.15) is 17.3 Å². The summed E-state index contributed by atoms with van der Waals surface area (Å²) in [4.78, 5) is 18.8. The second-order valence-electron chi connectivity index (χ2n) is 6.70. The summed E-state index contributed by atoms with van der Waals surface area (Å²) in [5, 5.41) is 2.92. The highest BCUT2D eigenvalue weighted by atomic mass is 16.4. The van der Waals surface area contributed by atoms with Crippen molar-refractivity contribution in [3.63, 3.8) is 0 Å². The lowest BCUT2D eigenvalue weighted by atomic mass is 9.91. The van der Waals surface area contributed by atoms with Crippen LogP contribution in [0.25, 0.3) is 0 Å². The molecule has 2 atom stereocenters. The Bertz CT molecular complexity index is 699. The Morgan fingerprint density at radius 2 is 2.12 bits per heavy atom. The number of nitrogens with one attached hydrogen (secondary N) is 1. The molecule has 1 N–H and O–H groups in total. The summed E-state index contributed by atoms with van der Waals surface area (Å²) >= 11 is 0. The Morgan fingerprint density at radius 1 is 1.33 bits per heavy atom. The monoisotopic (exact) mass is 331 g/mol. The lowest BCUT2D eigenvalue weighted by Crippen LogP contribution is -2.45. The van der Waals surface area contributed by atoms with Gasteiger partial charge >= 0.3 is 6.03 Å². The minimum atomic E-state index is -0.102. The molecule has 1 aliphatic heterocycles. The molecular formula is C18H25N3O3. The normalized spacial score (nSPS) is 21.1. The zero-order valence-corrected chi connectivity index (χ0v) is 14.8. The summed E-state index contributed by atoms with van der Waals surface area (Å²) in [5.74, 6) is 3.62. The molecule has 3 heterocycles. The molecule has 0 unspecified atom stereocenters. The maximum Gasteiger partial charge on any atom is 0.318 e. The third-order valence-corrected chi connectivity index (χ3v) is 4.68. The van der Waals surface area contributed by atoms with Gasteiger partial charge in [0.25, 0.3) is 0 Å². The molecule has 3 rings (SSSR count). The van der Waals surface area contributed by atoms with Gasteiger partial charge in [-0.25, -0.2) is 9.78 Å². The molecule has 2 amide bonds. The number of nitrogens with zero attached hydrogens (tertiary/aromatic N) is 2. The van der Waals surface area contributed by atoms with Crippen LogP contribution in [0.4, 0.5) is 4.79 Å². The van der Waals surface area contributed by atoms with E-state index in [0.717, 1.165) is 42.4 Å². The fraction of sp³-hybridized carbons (Fsp3) is 0.556. The smallest absolute Gasteiger partial charge is 0.318 e. The number of furan rings is 1. The number of amides is 2. The van der Waals surface area contributed by atoms with Gasteiger partial charge in [0, 0.05) is 6.54 Å². The van der Waals surface area contributed by atoms with E-state index in [9.17, 15) is 4.79 Å². The van der Waals surface area contributed by atoms with Crippen molar-refractivity contribution in [1.29, 1.82) is 0 Å². The lowest BCUT2D eigenvalue weighted by Gasteiger charge is -2.37. The summed E-state index contributed by atoms with van der Waals surface area (Å²) in [6.45, 7) is 8.93. The summed E-state index contributed by atoms with van der Waals surface area (Å²) in [5.41, 5.74) is 0.856. The highest BCUT2D eigenvalue weighted by molar-refractivity contribution is 5.74. The Labute approximate surface area is 142 Å². The van der Waals surface area contributed by atoms with Crippen LogP contribution in [0.2, 0.25) is 0 Å². The highest BCUT2D eigenvalue weighted by Gasteiger charge is 2.33. The minimum Gasteiger partial charge on any atom is -0.464 e. The first-order valence-electron chi connectivity index (χ1n) is 8.47. The molecule has 0 aliphatic carbocycles. The Kier molecular flexibility index (Phi) is 4.64. The predicted molar refractivity (Wildman–Crippen MR) is 89.5 cm³/mol. The first-order chi connectivity index (χ1) is 11.4. The van der Waals surface area contributed by atoms with Crippen LogP contribution in [0.5, 0.6) is 0 Å². The Hall–Kier alpha value is -2.24. The molecule has 0 aromatic carbocycles. The third-order valence-electron chi connectivity index (χ3n) is 4.68. The molecule has 1 saturated heterocycles. The molecule has 6 heteroatoms. The molecule has 1 aliphatic rings. The molecule has 0 spiro atoms. The number of piperidine rings is 1. The molecule has 1 fully saturated rings. The fourth-order valence-corrected chi connectivity index (χ4v) is 3.15. The first kappa shape index (κ1) is 16.6. The molecule has 0 bridgehead atoms. The number of aromatic nitrogens is 1. The molecule has 130 valence electrons. The van der Waals surface area contributed by atoms with E-state index in [1.54, 1.807) is 0 Å². The van der Waals surface area contributed by atoms with E-state index in [-0.39, 0.29) is 12.1 Å². The highest BCUT2D eigenvalue weighted by Crippen LogP contribution is 2.34. The van der Waals surface area contributed by atoms with Gasteiger partial charge in [-0.3, -0.25) is 0 Å². The van der Waals surface area contributed by atoms with E-state index < -0.39 is 0 Å². The van der Waals surface area contributed by atoms with E-state index in [0.29, 0.717) is 18.4 Å². The van der Waals surface area contributed by atoms with Crippen LogP contribution in [-0.4, -0.2) is 22.5 Å². The maximum absolute atomic E-state index is 12.7. The van der Waals surface area contributed by atoms with Gasteiger partial charge in [0.05, 0.1) is 18.3 Å². The van der Waals surface area contributed by atoms with Gasteiger partial charge in [-0.2, -0.15) is 0 Å². The van der Waals surface area contributed by atoms with Crippen LogP contribution >= 0.6 is 0 Å². The van der Waals surface area contributed by atoms with Crippen molar-refractivity contribution in [3.05, 3.63) is 41.0 Å². The van der Waals surface area contributed by atoms with Gasteiger partial charge in [0.15, 0.2) is 0 Å². The molecular weight excluding hydrogens is 306 g/mol. The van der Waals surface area contributed by atoms with Gasteiger partial charge in [0.2, 0.25) is 5.89 Å². The Morgan fingerprint density at radius 3 is 2.75 bits per heavy atom. The van der Waals surface area contributed by atoms with Crippen LogP contribution in [-0.2, 0) is 6.54 Å². The van der Waals surface area contributed by atoms with Crippen LogP contribution in [0.15, 0.2) is 21.0 Å². The van der Waals surface area contributed by atoms with Crippen molar-refractivity contribution in [2.24, 2.45) is 5.92 Å². The molecule has 2 aromatic rings. The number of carbonyl (C=O) groups excluding carboxylic acids is 1. The summed E-state index contributed by atoms with van der Waals surface area (Å²) < 4.78 is 11.3. The van der Waals surface area contributed by atoms with Crippen molar-refractivity contribution in [2.45, 2.75) is 53.1 Å². The first-order valence-corrected chi connectivity index (χ1v) is 8.47. The molecule has 0 radical (unpaired) electrons. The van der Waals surface area contributed by atoms with Crippen LogP contribution < -0.4 is 5.32 Å². The number of hydrogen-bond acceptors (Lipinski definition) is 4. The Balaban J connectivity index is 1.69. The summed E-state index contributed by atoms with van der Waals surface area (Å²) in [7, 11) is 0. The number of aryl methyl sites for hydroxylation is 3. The zero-order chi connectivity index (χ0) is 17.3. The topological polar surface area (TPSA) is 71.5 Å². The van der Waals surface area contributed by atoms with Crippen LogP contribution in [0.3, 0.4) is 0 Å². The third kappa shape index (κ3) is 3.47. The molecule has 2 aromatic heterocycles. The van der Waals surface area contributed by atoms with Gasteiger partial charge < -0.3 is 19.1 Å². The fourth-order valence-electron chi connectivity index (χ4n) is 3.15. The SMILES string of the molecule is Cc1ccc([C@@H]2C[C@@H](C)CCN2C(=O)NCc2nc(C)c(C)o2)o1. The second kappa shape index (κ2) is 6.71. The lowest BCUT2D eigenvalue weighted by molar-refractivity contribution is 0.118. The van der Waals surface area contributed by atoms with Crippen molar-refractivity contribution >= 4 is 6.03 Å². The number of urea groups is 1. The van der Waals surface area contributed by atoms with Gasteiger partial charge in [-0.1, -0.05) is 6.92 Å². The quantitative estimate of drug-likeness (QED) is 0.926. The van der Waals surface area contributed by atoms with Crippen LogP contribution in [0.1, 0.15) is 54.7 Å². The van der Waals surface area contributed by atoms with E-state index in [1.807, 2.05) is 37.8 Å². The van der Waals surface area contributed by atoms with Crippen molar-refractivity contribution < 1.29 is 13.6 Å². The minimum absolute atomic E-state index is 0.0181. The maximum atomic E-state index is 12.7. The van der Waals surface area contributed by atoms with Crippen molar-refractivity contribution in [3.8, 4) is 0 Å². The van der Waals surface area contributed by atoms with Crippen LogP contribution in [0, 0.1) is 26.7 Å². The average Bonchev–Trinajstić information content (AvgIpc) is 3.11. The number of carbonyl (C=O) groups is 1. The van der Waals surface area contributed by atoms with E-state index in [1.165, 1.54) is 0 Å². The molecule has 0 saturated carbocycles.